The Labute approximate surface area is 147 Å². The zero-order valence-electron chi connectivity index (χ0n) is 14.4. The topological polar surface area (TPSA) is 59.3 Å². The molecular formula is C20H22N4O. The van der Waals surface area contributed by atoms with E-state index in [1.807, 2.05) is 43.3 Å². The number of hydrogen-bond acceptors (Lipinski definition) is 3. The van der Waals surface area contributed by atoms with Crippen LogP contribution in [0.2, 0.25) is 0 Å². The van der Waals surface area contributed by atoms with Crippen LogP contribution < -0.4 is 5.32 Å². The molecule has 128 valence electrons. The molecule has 0 atom stereocenters. The number of amides is 1. The molecule has 5 heteroatoms. The van der Waals surface area contributed by atoms with Crippen molar-refractivity contribution in [1.29, 1.82) is 0 Å². The maximum atomic E-state index is 12.5. The van der Waals surface area contributed by atoms with E-state index in [9.17, 15) is 4.79 Å². The number of nitrogens with zero attached hydrogens (tertiary/aromatic N) is 3. The van der Waals surface area contributed by atoms with E-state index in [0.717, 1.165) is 29.8 Å². The largest absolute Gasteiger partial charge is 0.348 e. The summed E-state index contributed by atoms with van der Waals surface area (Å²) in [5, 5.41) is 7.57. The second-order valence-corrected chi connectivity index (χ2v) is 6.76. The number of fused-ring (bicyclic) bond motifs is 1. The predicted octanol–water partition coefficient (Wildman–Crippen LogP) is 3.77. The fourth-order valence-electron chi connectivity index (χ4n) is 3.50. The lowest BCUT2D eigenvalue weighted by molar-refractivity contribution is 0.0922. The van der Waals surface area contributed by atoms with E-state index in [1.54, 1.807) is 10.6 Å². The molecule has 4 rings (SSSR count). The summed E-state index contributed by atoms with van der Waals surface area (Å²) in [7, 11) is 0. The molecule has 1 aliphatic carbocycles. The van der Waals surface area contributed by atoms with Crippen molar-refractivity contribution in [3.05, 3.63) is 53.9 Å². The highest BCUT2D eigenvalue weighted by molar-refractivity contribution is 5.93. The molecule has 0 saturated heterocycles. The predicted molar refractivity (Wildman–Crippen MR) is 97.5 cm³/mol. The smallest absolute Gasteiger partial charge is 0.272 e. The summed E-state index contributed by atoms with van der Waals surface area (Å²) < 4.78 is 1.74. The minimum Gasteiger partial charge on any atom is -0.348 e. The second kappa shape index (κ2) is 6.67. The van der Waals surface area contributed by atoms with Crippen molar-refractivity contribution in [3.8, 4) is 11.3 Å². The van der Waals surface area contributed by atoms with E-state index in [0.29, 0.717) is 11.3 Å². The van der Waals surface area contributed by atoms with Gasteiger partial charge in [0.1, 0.15) is 0 Å². The molecule has 3 aromatic rings. The quantitative estimate of drug-likeness (QED) is 0.793. The number of carbonyl (C=O) groups excluding carboxylic acids is 1. The minimum atomic E-state index is -0.0990. The molecule has 1 amide bonds. The molecule has 5 nitrogen and oxygen atoms in total. The molecule has 25 heavy (non-hydrogen) atoms. The van der Waals surface area contributed by atoms with Crippen molar-refractivity contribution in [2.75, 3.05) is 0 Å². The Balaban J connectivity index is 1.63. The Kier molecular flexibility index (Phi) is 4.22. The lowest BCUT2D eigenvalue weighted by Gasteiger charge is -2.22. The lowest BCUT2D eigenvalue weighted by Crippen LogP contribution is -2.36. The number of aromatic nitrogens is 3. The summed E-state index contributed by atoms with van der Waals surface area (Å²) in [6, 6.07) is 14.1. The SMILES string of the molecule is Cc1cc(-c2ccccc2)nc2cc(C(=O)NC3CCCCC3)nn12. The van der Waals surface area contributed by atoms with Gasteiger partial charge in [-0.15, -0.1) is 0 Å². The average molecular weight is 334 g/mol. The highest BCUT2D eigenvalue weighted by Crippen LogP contribution is 2.20. The van der Waals surface area contributed by atoms with Crippen molar-refractivity contribution in [3.63, 3.8) is 0 Å². The Morgan fingerprint density at radius 3 is 2.64 bits per heavy atom. The molecule has 0 unspecified atom stereocenters. The summed E-state index contributed by atoms with van der Waals surface area (Å²) in [6.07, 6.45) is 5.78. The summed E-state index contributed by atoms with van der Waals surface area (Å²) in [5.74, 6) is -0.0990. The molecule has 1 fully saturated rings. The van der Waals surface area contributed by atoms with Crippen molar-refractivity contribution in [2.45, 2.75) is 45.1 Å². The van der Waals surface area contributed by atoms with Gasteiger partial charge >= 0.3 is 0 Å². The maximum Gasteiger partial charge on any atom is 0.272 e. The van der Waals surface area contributed by atoms with Gasteiger partial charge in [-0.1, -0.05) is 49.6 Å². The van der Waals surface area contributed by atoms with Gasteiger partial charge in [0.2, 0.25) is 0 Å². The van der Waals surface area contributed by atoms with Crippen LogP contribution in [0.3, 0.4) is 0 Å². The third-order valence-corrected chi connectivity index (χ3v) is 4.85. The Hall–Kier alpha value is -2.69. The van der Waals surface area contributed by atoms with E-state index in [4.69, 9.17) is 0 Å². The molecule has 1 saturated carbocycles. The zero-order chi connectivity index (χ0) is 17.2. The van der Waals surface area contributed by atoms with Gasteiger partial charge in [-0.05, 0) is 25.8 Å². The Morgan fingerprint density at radius 1 is 1.12 bits per heavy atom. The van der Waals surface area contributed by atoms with Crippen LogP contribution in [-0.4, -0.2) is 26.5 Å². The van der Waals surface area contributed by atoms with E-state index >= 15 is 0 Å². The van der Waals surface area contributed by atoms with Gasteiger partial charge in [-0.2, -0.15) is 5.10 Å². The Bertz CT molecular complexity index is 895. The van der Waals surface area contributed by atoms with Crippen LogP contribution in [-0.2, 0) is 0 Å². The average Bonchev–Trinajstić information content (AvgIpc) is 3.08. The summed E-state index contributed by atoms with van der Waals surface area (Å²) in [6.45, 7) is 1.98. The van der Waals surface area contributed by atoms with Crippen LogP contribution in [0, 0.1) is 6.92 Å². The fraction of sp³-hybridized carbons (Fsp3) is 0.350. The van der Waals surface area contributed by atoms with Gasteiger partial charge in [0.05, 0.1) is 5.69 Å². The van der Waals surface area contributed by atoms with Gasteiger partial charge in [-0.25, -0.2) is 9.50 Å². The number of rotatable bonds is 3. The second-order valence-electron chi connectivity index (χ2n) is 6.76. The minimum absolute atomic E-state index is 0.0990. The molecule has 2 aromatic heterocycles. The summed E-state index contributed by atoms with van der Waals surface area (Å²) in [4.78, 5) is 17.2. The third-order valence-electron chi connectivity index (χ3n) is 4.85. The molecule has 0 aliphatic heterocycles. The van der Waals surface area contributed by atoms with Crippen molar-refractivity contribution in [1.82, 2.24) is 19.9 Å². The van der Waals surface area contributed by atoms with E-state index in [-0.39, 0.29) is 11.9 Å². The standard InChI is InChI=1S/C20H22N4O/c1-14-12-17(15-8-4-2-5-9-15)22-19-13-18(23-24(14)19)20(25)21-16-10-6-3-7-11-16/h2,4-5,8-9,12-13,16H,3,6-7,10-11H2,1H3,(H,21,25). The number of hydrogen-bond donors (Lipinski definition) is 1. The van der Waals surface area contributed by atoms with Gasteiger partial charge in [0.15, 0.2) is 11.3 Å². The first-order valence-electron chi connectivity index (χ1n) is 8.94. The van der Waals surface area contributed by atoms with Gasteiger partial charge in [0.25, 0.3) is 5.91 Å². The molecule has 1 N–H and O–H groups in total. The van der Waals surface area contributed by atoms with Crippen LogP contribution >= 0.6 is 0 Å². The highest BCUT2D eigenvalue weighted by atomic mass is 16.2. The molecular weight excluding hydrogens is 312 g/mol. The first-order valence-corrected chi connectivity index (χ1v) is 8.94. The van der Waals surface area contributed by atoms with Gasteiger partial charge in [-0.3, -0.25) is 4.79 Å². The van der Waals surface area contributed by atoms with Crippen LogP contribution in [0.5, 0.6) is 0 Å². The van der Waals surface area contributed by atoms with E-state index in [2.05, 4.69) is 15.4 Å². The first kappa shape index (κ1) is 15.8. The van der Waals surface area contributed by atoms with Crippen LogP contribution in [0.1, 0.15) is 48.3 Å². The highest BCUT2D eigenvalue weighted by Gasteiger charge is 2.19. The molecule has 0 radical (unpaired) electrons. The zero-order valence-corrected chi connectivity index (χ0v) is 14.4. The van der Waals surface area contributed by atoms with Gasteiger partial charge < -0.3 is 5.32 Å². The number of benzene rings is 1. The monoisotopic (exact) mass is 334 g/mol. The normalized spacial score (nSPS) is 15.4. The molecule has 2 heterocycles. The van der Waals surface area contributed by atoms with Crippen molar-refractivity contribution < 1.29 is 4.79 Å². The number of aryl methyl sites for hydroxylation is 1. The molecule has 1 aliphatic rings. The van der Waals surface area contributed by atoms with E-state index in [1.165, 1.54) is 19.3 Å². The lowest BCUT2D eigenvalue weighted by atomic mass is 9.95. The maximum absolute atomic E-state index is 12.5. The van der Waals surface area contributed by atoms with Crippen molar-refractivity contribution in [2.24, 2.45) is 0 Å². The third kappa shape index (κ3) is 3.27. The molecule has 0 spiro atoms. The molecule has 1 aromatic carbocycles. The van der Waals surface area contributed by atoms with Crippen LogP contribution in [0.4, 0.5) is 0 Å². The fourth-order valence-corrected chi connectivity index (χ4v) is 3.50. The van der Waals surface area contributed by atoms with Crippen LogP contribution in [0.25, 0.3) is 16.9 Å². The van der Waals surface area contributed by atoms with E-state index < -0.39 is 0 Å². The molecule has 0 bridgehead atoms. The van der Waals surface area contributed by atoms with Crippen LogP contribution in [0.15, 0.2) is 42.5 Å². The summed E-state index contributed by atoms with van der Waals surface area (Å²) >= 11 is 0. The van der Waals surface area contributed by atoms with Gasteiger partial charge in [0, 0.05) is 23.4 Å². The Morgan fingerprint density at radius 2 is 1.88 bits per heavy atom. The summed E-state index contributed by atoms with van der Waals surface area (Å²) in [5.41, 5.74) is 4.05. The van der Waals surface area contributed by atoms with Crippen molar-refractivity contribution >= 4 is 11.6 Å². The number of carbonyl (C=O) groups is 1. The number of nitrogens with one attached hydrogen (secondary N) is 1. The first-order chi connectivity index (χ1) is 12.2.